The van der Waals surface area contributed by atoms with Crippen LogP contribution in [0.2, 0.25) is 5.02 Å². The molecule has 136 heavy (non-hydrogen) atoms. The van der Waals surface area contributed by atoms with Gasteiger partial charge in [-0.3, -0.25) is 4.79 Å². The van der Waals surface area contributed by atoms with Gasteiger partial charge in [0.1, 0.15) is 75.4 Å². The number of ether oxygens (including phenoxy) is 4. The van der Waals surface area contributed by atoms with Gasteiger partial charge in [-0.25, -0.2) is 39.5 Å². The van der Waals surface area contributed by atoms with Crippen LogP contribution in [0.3, 0.4) is 0 Å². The maximum atomic E-state index is 13.5. The van der Waals surface area contributed by atoms with Gasteiger partial charge in [0.15, 0.2) is 0 Å². The van der Waals surface area contributed by atoms with E-state index in [0.29, 0.717) is 74.9 Å². The number of carbonyl (C=O) groups is 1. The van der Waals surface area contributed by atoms with Crippen molar-refractivity contribution >= 4 is 39.8 Å². The normalized spacial score (nSPS) is 11.4. The lowest BCUT2D eigenvalue weighted by Gasteiger charge is -2.18. The highest BCUT2D eigenvalue weighted by molar-refractivity contribution is 6.30. The molecule has 708 valence electrons. The molecule has 14 aromatic carbocycles. The zero-order chi connectivity index (χ0) is 97.9. The summed E-state index contributed by atoms with van der Waals surface area (Å²) in [5.74, 6) is 0.681. The zero-order valence-electron chi connectivity index (χ0n) is 77.1. The van der Waals surface area contributed by atoms with E-state index in [4.69, 9.17) is 59.2 Å². The number of hydrogen-bond donors (Lipinski definition) is 7. The molecule has 1 amide bonds. The third kappa shape index (κ3) is 36.5. The molecule has 0 aliphatic heterocycles. The second-order valence-corrected chi connectivity index (χ2v) is 31.2. The third-order valence-corrected chi connectivity index (χ3v) is 21.4. The fourth-order valence-electron chi connectivity index (χ4n) is 14.9. The third-order valence-electron chi connectivity index (χ3n) is 21.1. The van der Waals surface area contributed by atoms with E-state index in [1.54, 1.807) is 100 Å². The Hall–Kier alpha value is -13.9. The molecule has 2 atom stereocenters. The van der Waals surface area contributed by atoms with Gasteiger partial charge < -0.3 is 58.2 Å². The molecule has 22 heteroatoms. The van der Waals surface area contributed by atoms with Crippen LogP contribution in [0.4, 0.5) is 39.5 Å². The molecular formula is C114H117ClF9N7O5. The minimum Gasteiger partial charge on any atom is -0.497 e. The smallest absolute Gasteiger partial charge is 0.216 e. The number of amides is 1. The monoisotopic (exact) mass is 1870 g/mol. The van der Waals surface area contributed by atoms with E-state index in [9.17, 15) is 44.3 Å². The summed E-state index contributed by atoms with van der Waals surface area (Å²) in [7, 11) is 6.86. The molecule has 0 spiro atoms. The molecule has 0 saturated heterocycles. The van der Waals surface area contributed by atoms with Gasteiger partial charge in [-0.1, -0.05) is 206 Å². The number of hydrogen-bond acceptors (Lipinski definition) is 11. The summed E-state index contributed by atoms with van der Waals surface area (Å²) in [6.45, 7) is 7.41. The Morgan fingerprint density at radius 2 is 0.610 bits per heavy atom. The summed E-state index contributed by atoms with van der Waals surface area (Å²) in [6.07, 6.45) is 10.4. The molecule has 0 fully saturated rings. The quantitative estimate of drug-likeness (QED) is 0.0197. The van der Waals surface area contributed by atoms with Gasteiger partial charge >= 0.3 is 0 Å². The zero-order valence-corrected chi connectivity index (χ0v) is 77.8. The van der Waals surface area contributed by atoms with Crippen LogP contribution in [0, 0.1) is 52.4 Å². The van der Waals surface area contributed by atoms with E-state index < -0.39 is 0 Å². The summed E-state index contributed by atoms with van der Waals surface area (Å²) < 4.78 is 141. The van der Waals surface area contributed by atoms with Crippen LogP contribution in [0.5, 0.6) is 23.0 Å². The van der Waals surface area contributed by atoms with E-state index in [2.05, 4.69) is 16.7 Å². The average Bonchev–Trinajstić information content (AvgIpc) is 0.842. The second kappa shape index (κ2) is 59.0. The molecule has 0 aliphatic rings. The van der Waals surface area contributed by atoms with Gasteiger partial charge in [0.25, 0.3) is 0 Å². The first-order valence-corrected chi connectivity index (χ1v) is 44.7. The SMILES string of the molecule is CC(=O)NCCC(c1cccc(F)c1)c1cccc(F)c1.CCOc1cccc(/C(=C\CN)c2cccc(F)c2)c1.CNCCC(c1cccc(F)c1)c1cccc(OC)c1.COc1cccc(/C(=C\CN)c2cccc(Cl)c2)c1.COc1cccc(/C(=C\CN)c2cccc(F)c2)c1.NCC=C(c1cccc(F)c1)c1cccc(F)c1.NCCC(Cc1cccc(F)c1)c1cccc(F)c1. The fraction of sp³-hybridized carbons (Fsp3) is 0.184. The van der Waals surface area contributed by atoms with E-state index in [0.717, 1.165) is 131 Å². The Labute approximate surface area is 798 Å². The Bertz CT molecular complexity index is 5970. The molecule has 0 aromatic heterocycles. The van der Waals surface area contributed by atoms with Gasteiger partial charge in [0.05, 0.1) is 27.9 Å². The molecule has 0 saturated carbocycles. The lowest BCUT2D eigenvalue weighted by Crippen LogP contribution is -2.22. The molecule has 0 heterocycles. The maximum absolute atomic E-state index is 13.5. The van der Waals surface area contributed by atoms with Crippen molar-refractivity contribution in [3.63, 3.8) is 0 Å². The molecule has 14 aromatic rings. The van der Waals surface area contributed by atoms with Crippen molar-refractivity contribution in [3.05, 3.63) is 499 Å². The van der Waals surface area contributed by atoms with Crippen LogP contribution in [-0.2, 0) is 11.2 Å². The second-order valence-electron chi connectivity index (χ2n) is 30.8. The first kappa shape index (κ1) is 107. The number of rotatable bonds is 32. The van der Waals surface area contributed by atoms with E-state index in [1.165, 1.54) is 110 Å². The molecule has 0 bridgehead atoms. The number of benzene rings is 14. The van der Waals surface area contributed by atoms with Crippen LogP contribution in [-0.4, -0.2) is 86.7 Å². The van der Waals surface area contributed by atoms with Crippen molar-refractivity contribution in [2.75, 3.05) is 80.8 Å². The predicted octanol–water partition coefficient (Wildman–Crippen LogP) is 24.8. The predicted molar refractivity (Wildman–Crippen MR) is 536 cm³/mol. The van der Waals surface area contributed by atoms with Crippen LogP contribution < -0.4 is 58.2 Å². The first-order chi connectivity index (χ1) is 65.9. The van der Waals surface area contributed by atoms with Crippen molar-refractivity contribution in [3.8, 4) is 23.0 Å². The number of carbonyl (C=O) groups excluding carboxylic acids is 1. The van der Waals surface area contributed by atoms with Crippen LogP contribution in [0.25, 0.3) is 22.3 Å². The van der Waals surface area contributed by atoms with Crippen LogP contribution >= 0.6 is 11.6 Å². The number of nitrogens with two attached hydrogens (primary N) is 5. The van der Waals surface area contributed by atoms with E-state index in [1.807, 2.05) is 190 Å². The van der Waals surface area contributed by atoms with Gasteiger partial charge in [0, 0.05) is 56.5 Å². The van der Waals surface area contributed by atoms with Crippen molar-refractivity contribution in [1.29, 1.82) is 0 Å². The number of halogens is 10. The Morgan fingerprint density at radius 1 is 0.331 bits per heavy atom. The molecule has 2 unspecified atom stereocenters. The van der Waals surface area contributed by atoms with Crippen LogP contribution in [0.15, 0.2) is 364 Å². The largest absolute Gasteiger partial charge is 0.497 e. The number of methoxy groups -OCH3 is 3. The summed E-state index contributed by atoms with van der Waals surface area (Å²) in [4.78, 5) is 11.0. The standard InChI is InChI=1S/C17H17F2NO.C17H20FNO.C17H18FNO.C16H16ClNO.C16H17F2N.C16H16FNO.C15H13F2N/c1-12(21)20-9-8-17(13-4-2-6-15(18)10-13)14-5-3-7-16(19)11-14;1-19-10-9-17(13-5-3-7-15(18)11-13)14-6-4-8-16(12-14)20-2;1-2-20-16-8-4-6-14(12-16)17(9-10-19)13-5-3-7-15(18)11-13;1-19-15-7-3-5-13(11-15)16(8-9-18)12-4-2-6-14(17)10-12;17-15-5-1-3-12(10-15)9-14(7-8-19)13-4-2-6-16(18)11-13;1-19-15-7-3-5-13(11-15)16(8-9-18)12-4-2-6-14(17)10-12;16-13-5-1-3-11(9-13)15(7-8-18)12-4-2-6-14(17)10-12/h2-7,10-11,17H,8-9H2,1H3,(H,20,21);3-8,11-12,17,19H,9-10H2,1-2H3;3-9,11-12H,2,10,19H2,1H3;2-8,10-11H,9,18H2,1H3;1-6,10-11,14H,7-9,19H2;2-8,10-11H,9,18H2,1H3;1-7,9-10H,8,18H2/b;;17-9-;16-8-;;16-8-;. The van der Waals surface area contributed by atoms with Gasteiger partial charge in [-0.2, -0.15) is 0 Å². The molecule has 12 N–H and O–H groups in total. The van der Waals surface area contributed by atoms with E-state index >= 15 is 0 Å². The van der Waals surface area contributed by atoms with Crippen molar-refractivity contribution < 1.29 is 63.3 Å². The summed E-state index contributed by atoms with van der Waals surface area (Å²) in [6, 6.07) is 96.7. The Kier molecular flexibility index (Phi) is 46.6. The van der Waals surface area contributed by atoms with Crippen molar-refractivity contribution in [2.24, 2.45) is 28.7 Å². The molecule has 0 aliphatic carbocycles. The average molecular weight is 1870 g/mol. The Morgan fingerprint density at radius 3 is 0.934 bits per heavy atom. The van der Waals surface area contributed by atoms with Crippen LogP contribution in [0.1, 0.15) is 129 Å². The van der Waals surface area contributed by atoms with Crippen molar-refractivity contribution in [2.45, 2.75) is 57.3 Å². The lowest BCUT2D eigenvalue weighted by molar-refractivity contribution is -0.118. The van der Waals surface area contributed by atoms with Gasteiger partial charge in [0.2, 0.25) is 5.91 Å². The summed E-state index contributed by atoms with van der Waals surface area (Å²) in [5.41, 5.74) is 44.2. The van der Waals surface area contributed by atoms with Gasteiger partial charge in [-0.05, 0) is 329 Å². The minimum atomic E-state index is -0.327. The molecular weight excluding hydrogens is 1750 g/mol. The summed E-state index contributed by atoms with van der Waals surface area (Å²) >= 11 is 6.05. The highest BCUT2D eigenvalue weighted by atomic mass is 35.5. The minimum absolute atomic E-state index is 0.113. The molecule has 12 nitrogen and oxygen atoms in total. The first-order valence-electron chi connectivity index (χ1n) is 44.3. The van der Waals surface area contributed by atoms with Gasteiger partial charge in [-0.15, -0.1) is 0 Å². The number of nitrogens with one attached hydrogen (secondary N) is 2. The fourth-order valence-corrected chi connectivity index (χ4v) is 15.1. The summed E-state index contributed by atoms with van der Waals surface area (Å²) in [5, 5.41) is 6.59. The highest BCUT2D eigenvalue weighted by Gasteiger charge is 2.20. The molecule has 0 radical (unpaired) electrons. The highest BCUT2D eigenvalue weighted by Crippen LogP contribution is 2.36. The maximum Gasteiger partial charge on any atom is 0.216 e. The van der Waals surface area contributed by atoms with Crippen molar-refractivity contribution in [1.82, 2.24) is 10.6 Å². The topological polar surface area (TPSA) is 208 Å². The Balaban J connectivity index is 0.000000195. The lowest BCUT2D eigenvalue weighted by atomic mass is 9.88. The molecule has 14 rings (SSSR count). The van der Waals surface area contributed by atoms with E-state index in [-0.39, 0.29) is 76.0 Å².